The second-order valence-electron chi connectivity index (χ2n) is 6.37. The zero-order chi connectivity index (χ0) is 18.7. The van der Waals surface area contributed by atoms with E-state index in [1.165, 1.54) is 5.56 Å². The average Bonchev–Trinajstić information content (AvgIpc) is 2.98. The minimum Gasteiger partial charge on any atom is -0.488 e. The van der Waals surface area contributed by atoms with Gasteiger partial charge >= 0.3 is 0 Å². The highest BCUT2D eigenvalue weighted by molar-refractivity contribution is 6.03. The number of nitrogens with zero attached hydrogens (tertiary/aromatic N) is 1. The summed E-state index contributed by atoms with van der Waals surface area (Å²) in [4.78, 5) is 12.6. The van der Waals surface area contributed by atoms with Gasteiger partial charge in [-0.3, -0.25) is 4.79 Å². The first-order chi connectivity index (χ1) is 12.5. The van der Waals surface area contributed by atoms with Crippen molar-refractivity contribution in [1.82, 2.24) is 5.16 Å². The molecule has 0 spiro atoms. The predicted molar refractivity (Wildman–Crippen MR) is 101 cm³/mol. The highest BCUT2D eigenvalue weighted by atomic mass is 16.5. The summed E-state index contributed by atoms with van der Waals surface area (Å²) in [5.41, 5.74) is 4.94. The number of ether oxygens (including phenoxy) is 1. The third-order valence-electron chi connectivity index (χ3n) is 4.43. The molecule has 134 valence electrons. The minimum atomic E-state index is -0.312. The Balaban J connectivity index is 1.77. The van der Waals surface area contributed by atoms with Gasteiger partial charge in [0.2, 0.25) is 0 Å². The van der Waals surface area contributed by atoms with Gasteiger partial charge in [0.1, 0.15) is 18.1 Å². The van der Waals surface area contributed by atoms with Crippen LogP contribution in [-0.4, -0.2) is 11.1 Å². The number of carbonyl (C=O) groups is 1. The number of amides is 1. The van der Waals surface area contributed by atoms with Crippen LogP contribution in [0.5, 0.6) is 5.75 Å². The molecule has 0 aliphatic carbocycles. The van der Waals surface area contributed by atoms with Crippen LogP contribution in [0, 0.1) is 27.7 Å². The van der Waals surface area contributed by atoms with Gasteiger partial charge in [0.05, 0.1) is 5.56 Å². The smallest absolute Gasteiger partial charge is 0.278 e. The van der Waals surface area contributed by atoms with Crippen molar-refractivity contribution < 1.29 is 14.1 Å². The van der Waals surface area contributed by atoms with Gasteiger partial charge in [0.15, 0.2) is 5.69 Å². The van der Waals surface area contributed by atoms with E-state index < -0.39 is 0 Å². The first-order valence-electron chi connectivity index (χ1n) is 8.48. The Morgan fingerprint density at radius 1 is 1.04 bits per heavy atom. The number of aromatic nitrogens is 1. The molecule has 0 atom stereocenters. The summed E-state index contributed by atoms with van der Waals surface area (Å²) in [5, 5.41) is 6.79. The second-order valence-corrected chi connectivity index (χ2v) is 6.37. The molecule has 5 nitrogen and oxygen atoms in total. The summed E-state index contributed by atoms with van der Waals surface area (Å²) >= 11 is 0. The van der Waals surface area contributed by atoms with Crippen LogP contribution in [0.3, 0.4) is 0 Å². The maximum atomic E-state index is 12.6. The molecule has 0 saturated heterocycles. The van der Waals surface area contributed by atoms with Crippen LogP contribution in [0.1, 0.15) is 38.5 Å². The molecule has 3 rings (SSSR count). The van der Waals surface area contributed by atoms with E-state index in [1.54, 1.807) is 6.92 Å². The Morgan fingerprint density at radius 3 is 2.54 bits per heavy atom. The fourth-order valence-electron chi connectivity index (χ4n) is 2.62. The summed E-state index contributed by atoms with van der Waals surface area (Å²) in [6, 6.07) is 13.5. The van der Waals surface area contributed by atoms with Gasteiger partial charge < -0.3 is 14.6 Å². The number of anilines is 1. The SMILES string of the molecule is Cc1ccc(NC(=O)c2noc(C)c2COc2ccccc2C)cc1C. The lowest BCUT2D eigenvalue weighted by atomic mass is 10.1. The molecule has 0 unspecified atom stereocenters. The summed E-state index contributed by atoms with van der Waals surface area (Å²) in [6.07, 6.45) is 0. The molecular formula is C21H22N2O3. The van der Waals surface area contributed by atoms with Gasteiger partial charge in [-0.1, -0.05) is 29.4 Å². The third kappa shape index (κ3) is 3.77. The molecular weight excluding hydrogens is 328 g/mol. The molecule has 0 fully saturated rings. The molecule has 2 aromatic carbocycles. The summed E-state index contributed by atoms with van der Waals surface area (Å²) in [5.74, 6) is 1.03. The number of hydrogen-bond acceptors (Lipinski definition) is 4. The first kappa shape index (κ1) is 17.7. The van der Waals surface area contributed by atoms with E-state index in [-0.39, 0.29) is 18.2 Å². The number of benzene rings is 2. The van der Waals surface area contributed by atoms with Crippen molar-refractivity contribution in [2.75, 3.05) is 5.32 Å². The fourth-order valence-corrected chi connectivity index (χ4v) is 2.62. The highest BCUT2D eigenvalue weighted by Crippen LogP contribution is 2.22. The van der Waals surface area contributed by atoms with Crippen LogP contribution in [0.4, 0.5) is 5.69 Å². The van der Waals surface area contributed by atoms with Gasteiger partial charge in [-0.25, -0.2) is 0 Å². The van der Waals surface area contributed by atoms with E-state index >= 15 is 0 Å². The quantitative estimate of drug-likeness (QED) is 0.722. The van der Waals surface area contributed by atoms with Crippen LogP contribution >= 0.6 is 0 Å². The lowest BCUT2D eigenvalue weighted by molar-refractivity contribution is 0.101. The number of para-hydroxylation sites is 1. The zero-order valence-electron chi connectivity index (χ0n) is 15.4. The number of carbonyl (C=O) groups excluding carboxylic acids is 1. The Morgan fingerprint density at radius 2 is 1.81 bits per heavy atom. The normalized spacial score (nSPS) is 10.6. The number of aryl methyl sites for hydroxylation is 4. The molecule has 5 heteroatoms. The molecule has 26 heavy (non-hydrogen) atoms. The Labute approximate surface area is 153 Å². The zero-order valence-corrected chi connectivity index (χ0v) is 15.4. The molecule has 0 aliphatic rings. The minimum absolute atomic E-state index is 0.218. The van der Waals surface area contributed by atoms with Gasteiger partial charge in [0, 0.05) is 5.69 Å². The average molecular weight is 350 g/mol. The van der Waals surface area contributed by atoms with Crippen molar-refractivity contribution in [2.24, 2.45) is 0 Å². The van der Waals surface area contributed by atoms with E-state index in [4.69, 9.17) is 9.26 Å². The van der Waals surface area contributed by atoms with Crippen LogP contribution in [-0.2, 0) is 6.61 Å². The van der Waals surface area contributed by atoms with Crippen molar-refractivity contribution in [3.63, 3.8) is 0 Å². The summed E-state index contributed by atoms with van der Waals surface area (Å²) < 4.78 is 11.1. The molecule has 1 aromatic heterocycles. The van der Waals surface area contributed by atoms with Crippen molar-refractivity contribution >= 4 is 11.6 Å². The van der Waals surface area contributed by atoms with Gasteiger partial charge in [-0.15, -0.1) is 0 Å². The maximum absolute atomic E-state index is 12.6. The molecule has 0 radical (unpaired) electrons. The Hall–Kier alpha value is -3.08. The van der Waals surface area contributed by atoms with E-state index in [0.717, 1.165) is 22.6 Å². The number of rotatable bonds is 5. The Bertz CT molecular complexity index is 944. The summed E-state index contributed by atoms with van der Waals surface area (Å²) in [7, 11) is 0. The lowest BCUT2D eigenvalue weighted by Gasteiger charge is -2.10. The van der Waals surface area contributed by atoms with Crippen LogP contribution in [0.25, 0.3) is 0 Å². The lowest BCUT2D eigenvalue weighted by Crippen LogP contribution is -2.15. The van der Waals surface area contributed by atoms with Crippen molar-refractivity contribution in [3.8, 4) is 5.75 Å². The highest BCUT2D eigenvalue weighted by Gasteiger charge is 2.21. The summed E-state index contributed by atoms with van der Waals surface area (Å²) in [6.45, 7) is 8.00. The molecule has 0 saturated carbocycles. The fraction of sp³-hybridized carbons (Fsp3) is 0.238. The maximum Gasteiger partial charge on any atom is 0.278 e. The van der Waals surface area contributed by atoms with Gasteiger partial charge in [-0.05, 0) is 62.6 Å². The van der Waals surface area contributed by atoms with E-state index in [1.807, 2.05) is 63.2 Å². The molecule has 0 bridgehead atoms. The standard InChI is InChI=1S/C21H22N2O3/c1-13-9-10-17(11-15(13)3)22-21(24)20-18(16(4)26-23-20)12-25-19-8-6-5-7-14(19)2/h5-11H,12H2,1-4H3,(H,22,24). The molecule has 3 aromatic rings. The van der Waals surface area contributed by atoms with Crippen LogP contribution in [0.2, 0.25) is 0 Å². The number of nitrogens with one attached hydrogen (secondary N) is 1. The van der Waals surface area contributed by atoms with E-state index in [9.17, 15) is 4.79 Å². The van der Waals surface area contributed by atoms with Crippen LogP contribution < -0.4 is 10.1 Å². The third-order valence-corrected chi connectivity index (χ3v) is 4.43. The molecule has 1 heterocycles. The van der Waals surface area contributed by atoms with Crippen molar-refractivity contribution in [1.29, 1.82) is 0 Å². The topological polar surface area (TPSA) is 64.4 Å². The van der Waals surface area contributed by atoms with Gasteiger partial charge in [-0.2, -0.15) is 0 Å². The first-order valence-corrected chi connectivity index (χ1v) is 8.48. The van der Waals surface area contributed by atoms with E-state index in [0.29, 0.717) is 11.3 Å². The largest absolute Gasteiger partial charge is 0.488 e. The van der Waals surface area contributed by atoms with Crippen LogP contribution in [0.15, 0.2) is 47.0 Å². The monoisotopic (exact) mass is 350 g/mol. The number of hydrogen-bond donors (Lipinski definition) is 1. The van der Waals surface area contributed by atoms with E-state index in [2.05, 4.69) is 10.5 Å². The van der Waals surface area contributed by atoms with Crippen molar-refractivity contribution in [3.05, 3.63) is 76.2 Å². The Kier molecular flexibility index (Phi) is 5.07. The second kappa shape index (κ2) is 7.44. The molecule has 0 aliphatic heterocycles. The molecule has 1 amide bonds. The predicted octanol–water partition coefficient (Wildman–Crippen LogP) is 4.74. The van der Waals surface area contributed by atoms with Gasteiger partial charge in [0.25, 0.3) is 5.91 Å². The van der Waals surface area contributed by atoms with Crippen molar-refractivity contribution in [2.45, 2.75) is 34.3 Å². The molecule has 1 N–H and O–H groups in total.